The number of benzene rings is 1. The van der Waals surface area contributed by atoms with Crippen LogP contribution in [-0.2, 0) is 12.8 Å². The standard InChI is InChI=1S/C22H28FNO/c23-18-9-10-20-17(13-18)8-11-22(21(20)14-19-7-4-12-25-19)24-15-16-5-2-1-3-6-16/h4,7,9-10,12-13,16,21-22,24H,1-3,5-6,8,11,14-15H2. The minimum atomic E-state index is -0.121. The molecule has 0 spiro atoms. The second-order valence-corrected chi connectivity index (χ2v) is 7.79. The van der Waals surface area contributed by atoms with Gasteiger partial charge in [0.15, 0.2) is 0 Å². The number of hydrogen-bond acceptors (Lipinski definition) is 2. The molecule has 0 radical (unpaired) electrons. The zero-order valence-corrected chi connectivity index (χ0v) is 14.8. The van der Waals surface area contributed by atoms with Gasteiger partial charge in [0.1, 0.15) is 11.6 Å². The average molecular weight is 341 g/mol. The maximum atomic E-state index is 13.7. The van der Waals surface area contributed by atoms with Crippen molar-refractivity contribution in [2.24, 2.45) is 5.92 Å². The van der Waals surface area contributed by atoms with E-state index in [-0.39, 0.29) is 5.82 Å². The second-order valence-electron chi connectivity index (χ2n) is 7.79. The summed E-state index contributed by atoms with van der Waals surface area (Å²) in [6.07, 6.45) is 11.6. The molecule has 1 heterocycles. The maximum Gasteiger partial charge on any atom is 0.123 e. The van der Waals surface area contributed by atoms with Gasteiger partial charge in [-0.2, -0.15) is 0 Å². The molecule has 0 bridgehead atoms. The Morgan fingerprint density at radius 1 is 1.08 bits per heavy atom. The van der Waals surface area contributed by atoms with Gasteiger partial charge in [-0.15, -0.1) is 0 Å². The first-order chi connectivity index (χ1) is 12.3. The van der Waals surface area contributed by atoms with Gasteiger partial charge in [-0.1, -0.05) is 25.3 Å². The first-order valence-corrected chi connectivity index (χ1v) is 9.83. The van der Waals surface area contributed by atoms with Crippen molar-refractivity contribution in [2.75, 3.05) is 6.54 Å². The third-order valence-corrected chi connectivity index (χ3v) is 6.11. The van der Waals surface area contributed by atoms with E-state index in [1.54, 1.807) is 18.4 Å². The molecule has 1 N–H and O–H groups in total. The minimum Gasteiger partial charge on any atom is -0.469 e. The molecule has 2 unspecified atom stereocenters. The fourth-order valence-corrected chi connectivity index (χ4v) is 4.73. The van der Waals surface area contributed by atoms with Gasteiger partial charge in [0.25, 0.3) is 0 Å². The van der Waals surface area contributed by atoms with Crippen LogP contribution in [0.2, 0.25) is 0 Å². The predicted octanol–water partition coefficient (Wildman–Crippen LogP) is 5.23. The lowest BCUT2D eigenvalue weighted by Gasteiger charge is -2.35. The van der Waals surface area contributed by atoms with E-state index >= 15 is 0 Å². The van der Waals surface area contributed by atoms with Crippen LogP contribution in [0.15, 0.2) is 41.0 Å². The van der Waals surface area contributed by atoms with Crippen molar-refractivity contribution < 1.29 is 8.81 Å². The Labute approximate surface area is 149 Å². The molecule has 25 heavy (non-hydrogen) atoms. The average Bonchev–Trinajstić information content (AvgIpc) is 3.15. The van der Waals surface area contributed by atoms with Crippen LogP contribution in [0.5, 0.6) is 0 Å². The Bertz CT molecular complexity index is 675. The zero-order chi connectivity index (χ0) is 17.1. The molecule has 2 aromatic rings. The molecule has 1 aromatic carbocycles. The van der Waals surface area contributed by atoms with Crippen LogP contribution in [0.25, 0.3) is 0 Å². The molecule has 1 fully saturated rings. The van der Waals surface area contributed by atoms with E-state index in [4.69, 9.17) is 4.42 Å². The number of hydrogen-bond donors (Lipinski definition) is 1. The molecule has 0 saturated heterocycles. The van der Waals surface area contributed by atoms with Crippen molar-refractivity contribution in [2.45, 2.75) is 63.3 Å². The molecular formula is C22H28FNO. The van der Waals surface area contributed by atoms with Gasteiger partial charge in [-0.05, 0) is 73.5 Å². The Morgan fingerprint density at radius 2 is 1.96 bits per heavy atom. The normalized spacial score (nSPS) is 24.2. The van der Waals surface area contributed by atoms with Crippen molar-refractivity contribution >= 4 is 0 Å². The molecule has 1 aromatic heterocycles. The zero-order valence-electron chi connectivity index (χ0n) is 14.8. The van der Waals surface area contributed by atoms with Crippen LogP contribution in [-0.4, -0.2) is 12.6 Å². The quantitative estimate of drug-likeness (QED) is 0.805. The van der Waals surface area contributed by atoms with Crippen molar-refractivity contribution in [3.63, 3.8) is 0 Å². The number of fused-ring (bicyclic) bond motifs is 1. The van der Waals surface area contributed by atoms with Crippen molar-refractivity contribution in [3.05, 3.63) is 59.3 Å². The Kier molecular flexibility index (Phi) is 5.21. The Morgan fingerprint density at radius 3 is 2.76 bits per heavy atom. The SMILES string of the molecule is Fc1ccc2c(c1)CCC(NCC1CCCCC1)C2Cc1ccco1. The van der Waals surface area contributed by atoms with Gasteiger partial charge in [0.05, 0.1) is 6.26 Å². The second kappa shape index (κ2) is 7.74. The molecule has 0 aliphatic heterocycles. The number of halogens is 1. The molecule has 1 saturated carbocycles. The van der Waals surface area contributed by atoms with E-state index in [1.165, 1.54) is 43.2 Å². The van der Waals surface area contributed by atoms with E-state index in [9.17, 15) is 4.39 Å². The monoisotopic (exact) mass is 341 g/mol. The van der Waals surface area contributed by atoms with Gasteiger partial charge in [0, 0.05) is 18.4 Å². The van der Waals surface area contributed by atoms with E-state index < -0.39 is 0 Å². The fourth-order valence-electron chi connectivity index (χ4n) is 4.73. The first kappa shape index (κ1) is 16.8. The fraction of sp³-hybridized carbons (Fsp3) is 0.545. The predicted molar refractivity (Wildman–Crippen MR) is 98.2 cm³/mol. The number of aryl methyl sites for hydroxylation is 1. The van der Waals surface area contributed by atoms with Crippen LogP contribution >= 0.6 is 0 Å². The van der Waals surface area contributed by atoms with Gasteiger partial charge in [0.2, 0.25) is 0 Å². The third-order valence-electron chi connectivity index (χ3n) is 6.11. The third kappa shape index (κ3) is 3.98. The lowest BCUT2D eigenvalue weighted by atomic mass is 9.76. The summed E-state index contributed by atoms with van der Waals surface area (Å²) in [5.74, 6) is 2.09. The summed E-state index contributed by atoms with van der Waals surface area (Å²) >= 11 is 0. The van der Waals surface area contributed by atoms with Gasteiger partial charge in [-0.25, -0.2) is 4.39 Å². The van der Waals surface area contributed by atoms with Gasteiger partial charge in [-0.3, -0.25) is 0 Å². The molecule has 2 nitrogen and oxygen atoms in total. The molecule has 134 valence electrons. The van der Waals surface area contributed by atoms with Crippen LogP contribution in [0, 0.1) is 11.7 Å². The molecule has 2 atom stereocenters. The molecule has 4 rings (SSSR count). The smallest absolute Gasteiger partial charge is 0.123 e. The Balaban J connectivity index is 1.51. The molecule has 2 aliphatic carbocycles. The van der Waals surface area contributed by atoms with Crippen molar-refractivity contribution in [1.82, 2.24) is 5.32 Å². The lowest BCUT2D eigenvalue weighted by molar-refractivity contribution is 0.297. The summed E-state index contributed by atoms with van der Waals surface area (Å²) in [5, 5.41) is 3.87. The van der Waals surface area contributed by atoms with Crippen molar-refractivity contribution in [1.29, 1.82) is 0 Å². The molecular weight excluding hydrogens is 313 g/mol. The minimum absolute atomic E-state index is 0.121. The summed E-state index contributed by atoms with van der Waals surface area (Å²) in [5.41, 5.74) is 2.47. The summed E-state index contributed by atoms with van der Waals surface area (Å²) in [6, 6.07) is 9.78. The summed E-state index contributed by atoms with van der Waals surface area (Å²) in [6.45, 7) is 1.12. The maximum absolute atomic E-state index is 13.7. The van der Waals surface area contributed by atoms with Gasteiger partial charge >= 0.3 is 0 Å². The molecule has 0 amide bonds. The van der Waals surface area contributed by atoms with E-state index in [0.717, 1.165) is 37.5 Å². The molecule has 3 heteroatoms. The highest BCUT2D eigenvalue weighted by Crippen LogP contribution is 2.35. The van der Waals surface area contributed by atoms with Crippen LogP contribution < -0.4 is 5.32 Å². The number of nitrogens with one attached hydrogen (secondary N) is 1. The van der Waals surface area contributed by atoms with Crippen LogP contribution in [0.1, 0.15) is 61.3 Å². The van der Waals surface area contributed by atoms with E-state index in [0.29, 0.717) is 12.0 Å². The summed E-state index contributed by atoms with van der Waals surface area (Å²) < 4.78 is 19.3. The summed E-state index contributed by atoms with van der Waals surface area (Å²) in [7, 11) is 0. The largest absolute Gasteiger partial charge is 0.469 e. The first-order valence-electron chi connectivity index (χ1n) is 9.83. The highest BCUT2D eigenvalue weighted by Gasteiger charge is 2.31. The highest BCUT2D eigenvalue weighted by atomic mass is 19.1. The summed E-state index contributed by atoms with van der Waals surface area (Å²) in [4.78, 5) is 0. The Hall–Kier alpha value is -1.61. The number of furan rings is 1. The van der Waals surface area contributed by atoms with Gasteiger partial charge < -0.3 is 9.73 Å². The van der Waals surface area contributed by atoms with Crippen molar-refractivity contribution in [3.8, 4) is 0 Å². The van der Waals surface area contributed by atoms with E-state index in [1.807, 2.05) is 12.1 Å². The topological polar surface area (TPSA) is 25.2 Å². The highest BCUT2D eigenvalue weighted by molar-refractivity contribution is 5.36. The lowest BCUT2D eigenvalue weighted by Crippen LogP contribution is -2.41. The van der Waals surface area contributed by atoms with Crippen LogP contribution in [0.3, 0.4) is 0 Å². The van der Waals surface area contributed by atoms with E-state index in [2.05, 4.69) is 11.4 Å². The number of rotatable bonds is 5. The molecule has 2 aliphatic rings. The van der Waals surface area contributed by atoms with Crippen LogP contribution in [0.4, 0.5) is 4.39 Å².